The molecule has 2 rings (SSSR count). The van der Waals surface area contributed by atoms with E-state index in [1.54, 1.807) is 0 Å². The Hall–Kier alpha value is -1.49. The number of aromatic nitrogens is 3. The van der Waals surface area contributed by atoms with Crippen molar-refractivity contribution >= 4 is 15.6 Å². The lowest BCUT2D eigenvalue weighted by Gasteiger charge is -2.11. The van der Waals surface area contributed by atoms with Crippen LogP contribution in [0.3, 0.4) is 0 Å². The zero-order valence-electron chi connectivity index (χ0n) is 9.20. The van der Waals surface area contributed by atoms with E-state index in [0.29, 0.717) is 6.20 Å². The minimum absolute atomic E-state index is 0.461. The quantitative estimate of drug-likeness (QED) is 0.728. The van der Waals surface area contributed by atoms with Gasteiger partial charge in [-0.3, -0.25) is 4.79 Å². The molecule has 2 atom stereocenters. The van der Waals surface area contributed by atoms with Crippen molar-refractivity contribution in [2.45, 2.75) is 18.3 Å². The van der Waals surface area contributed by atoms with E-state index in [2.05, 4.69) is 10.3 Å². The predicted octanol–water partition coefficient (Wildman–Crippen LogP) is -0.647. The van der Waals surface area contributed by atoms with Crippen molar-refractivity contribution in [2.24, 2.45) is 0 Å². The number of alkyl halides is 3. The third-order valence-corrected chi connectivity index (χ3v) is 4.33. The fraction of sp³-hybridized carbons (Fsp3) is 0.625. The second-order valence-corrected chi connectivity index (χ2v) is 6.28. The van der Waals surface area contributed by atoms with Crippen LogP contribution in [0.2, 0.25) is 0 Å². The van der Waals surface area contributed by atoms with Crippen LogP contribution < -0.4 is 0 Å². The van der Waals surface area contributed by atoms with Gasteiger partial charge in [0, 0.05) is 0 Å². The number of carbonyl (C=O) groups excluding carboxylic acids is 1. The summed E-state index contributed by atoms with van der Waals surface area (Å²) in [5.41, 5.74) is -0.941. The molecular formula is C8H8F3N3O4S. The molecule has 1 aliphatic rings. The molecule has 1 fully saturated rings. The van der Waals surface area contributed by atoms with Crippen LogP contribution >= 0.6 is 0 Å². The summed E-state index contributed by atoms with van der Waals surface area (Å²) in [6.45, 7) is 0. The molecule has 0 amide bonds. The topological polar surface area (TPSA) is 102 Å². The number of halogens is 3. The highest BCUT2D eigenvalue weighted by Crippen LogP contribution is 2.25. The summed E-state index contributed by atoms with van der Waals surface area (Å²) in [7, 11) is -3.48. The van der Waals surface area contributed by atoms with Crippen molar-refractivity contribution in [1.82, 2.24) is 15.0 Å². The molecule has 7 nitrogen and oxygen atoms in total. The normalized spacial score (nSPS) is 26.5. The van der Waals surface area contributed by atoms with E-state index in [4.69, 9.17) is 0 Å². The van der Waals surface area contributed by atoms with E-state index in [0.717, 1.165) is 4.68 Å². The monoisotopic (exact) mass is 299 g/mol. The molecule has 0 aromatic carbocycles. The molecule has 11 heteroatoms. The van der Waals surface area contributed by atoms with Crippen LogP contribution in [0, 0.1) is 0 Å². The van der Waals surface area contributed by atoms with Gasteiger partial charge in [-0.1, -0.05) is 5.21 Å². The molecule has 2 unspecified atom stereocenters. The molecule has 106 valence electrons. The van der Waals surface area contributed by atoms with Gasteiger partial charge in [-0.25, -0.2) is 13.1 Å². The SMILES string of the molecule is O=C(c1cn(C2CS(=O)(=O)CC2O)nn1)C(F)(F)F. The van der Waals surface area contributed by atoms with Gasteiger partial charge in [0.2, 0.25) is 0 Å². The number of rotatable bonds is 2. The average Bonchev–Trinajstić information content (AvgIpc) is 2.80. The van der Waals surface area contributed by atoms with Crippen LogP contribution in [-0.2, 0) is 9.84 Å². The zero-order chi connectivity index (χ0) is 14.4. The molecular weight excluding hydrogens is 291 g/mol. The Morgan fingerprint density at radius 1 is 1.42 bits per heavy atom. The Kier molecular flexibility index (Phi) is 3.13. The van der Waals surface area contributed by atoms with E-state index in [9.17, 15) is 31.5 Å². The number of carbonyl (C=O) groups is 1. The van der Waals surface area contributed by atoms with Crippen LogP contribution in [-0.4, -0.2) is 58.1 Å². The number of aliphatic hydroxyl groups excluding tert-OH is 1. The average molecular weight is 299 g/mol. The molecule has 0 radical (unpaired) electrons. The van der Waals surface area contributed by atoms with Gasteiger partial charge in [-0.15, -0.1) is 5.10 Å². The molecule has 2 heterocycles. The van der Waals surface area contributed by atoms with Crippen molar-refractivity contribution in [3.8, 4) is 0 Å². The highest BCUT2D eigenvalue weighted by Gasteiger charge is 2.43. The number of hydrogen-bond acceptors (Lipinski definition) is 6. The van der Waals surface area contributed by atoms with Crippen molar-refractivity contribution in [1.29, 1.82) is 0 Å². The lowest BCUT2D eigenvalue weighted by molar-refractivity contribution is -0.0888. The number of aliphatic hydroxyl groups is 1. The zero-order valence-corrected chi connectivity index (χ0v) is 10.0. The summed E-state index contributed by atoms with van der Waals surface area (Å²) >= 11 is 0. The Bertz CT molecular complexity index is 609. The maximum atomic E-state index is 12.1. The fourth-order valence-corrected chi connectivity index (χ4v) is 3.53. The van der Waals surface area contributed by atoms with Crippen LogP contribution in [0.5, 0.6) is 0 Å². The molecule has 1 aromatic rings. The maximum absolute atomic E-state index is 12.1. The maximum Gasteiger partial charge on any atom is 0.456 e. The highest BCUT2D eigenvalue weighted by atomic mass is 32.2. The number of nitrogens with zero attached hydrogens (tertiary/aromatic N) is 3. The molecule has 1 aromatic heterocycles. The minimum atomic E-state index is -5.08. The van der Waals surface area contributed by atoms with E-state index < -0.39 is 51.1 Å². The molecule has 1 saturated heterocycles. The molecule has 0 spiro atoms. The molecule has 0 bridgehead atoms. The highest BCUT2D eigenvalue weighted by molar-refractivity contribution is 7.91. The van der Waals surface area contributed by atoms with Crippen molar-refractivity contribution in [3.63, 3.8) is 0 Å². The van der Waals surface area contributed by atoms with Gasteiger partial charge < -0.3 is 5.11 Å². The fourth-order valence-electron chi connectivity index (χ4n) is 1.75. The summed E-state index contributed by atoms with van der Waals surface area (Å²) < 4.78 is 59.7. The van der Waals surface area contributed by atoms with Gasteiger partial charge in [0.05, 0.1) is 29.8 Å². The second-order valence-electron chi connectivity index (χ2n) is 4.12. The lowest BCUT2D eigenvalue weighted by atomic mass is 10.2. The first kappa shape index (κ1) is 13.9. The molecule has 1 aliphatic heterocycles. The number of Topliss-reactive ketones (excluding diaryl/α,β-unsaturated/α-hetero) is 1. The first-order valence-corrected chi connectivity index (χ1v) is 6.84. The molecule has 0 aliphatic carbocycles. The first-order valence-electron chi connectivity index (χ1n) is 5.02. The third kappa shape index (κ3) is 2.76. The summed E-state index contributed by atoms with van der Waals surface area (Å²) in [5.74, 6) is -3.13. The Balaban J connectivity index is 2.26. The largest absolute Gasteiger partial charge is 0.456 e. The van der Waals surface area contributed by atoms with Gasteiger partial charge in [0.1, 0.15) is 0 Å². The van der Waals surface area contributed by atoms with Gasteiger partial charge in [0.25, 0.3) is 5.78 Å². The molecule has 1 N–H and O–H groups in total. The van der Waals surface area contributed by atoms with E-state index in [1.807, 2.05) is 0 Å². The van der Waals surface area contributed by atoms with Gasteiger partial charge in [-0.2, -0.15) is 13.2 Å². The third-order valence-electron chi connectivity index (χ3n) is 2.63. The lowest BCUT2D eigenvalue weighted by Crippen LogP contribution is -2.24. The minimum Gasteiger partial charge on any atom is -0.390 e. The molecule has 0 saturated carbocycles. The van der Waals surface area contributed by atoms with E-state index >= 15 is 0 Å². The van der Waals surface area contributed by atoms with Crippen LogP contribution in [0.1, 0.15) is 16.5 Å². The van der Waals surface area contributed by atoms with Crippen LogP contribution in [0.15, 0.2) is 6.20 Å². The smallest absolute Gasteiger partial charge is 0.390 e. The van der Waals surface area contributed by atoms with Crippen LogP contribution in [0.4, 0.5) is 13.2 Å². The van der Waals surface area contributed by atoms with Crippen molar-refractivity contribution < 1.29 is 31.5 Å². The van der Waals surface area contributed by atoms with Gasteiger partial charge in [0.15, 0.2) is 15.5 Å². The number of hydrogen-bond donors (Lipinski definition) is 1. The number of ketones is 1. The standard InChI is InChI=1S/C8H8F3N3O4S/c9-8(10,11)7(16)4-1-14(13-12-4)5-2-19(17,18)3-6(5)15/h1,5-6,15H,2-3H2. The summed E-state index contributed by atoms with van der Waals surface area (Å²) in [6, 6.07) is -1.03. The first-order chi connectivity index (χ1) is 8.60. The Morgan fingerprint density at radius 3 is 2.53 bits per heavy atom. The van der Waals surface area contributed by atoms with Crippen molar-refractivity contribution in [3.05, 3.63) is 11.9 Å². The van der Waals surface area contributed by atoms with Gasteiger partial charge >= 0.3 is 6.18 Å². The van der Waals surface area contributed by atoms with Crippen molar-refractivity contribution in [2.75, 3.05) is 11.5 Å². The van der Waals surface area contributed by atoms with Gasteiger partial charge in [-0.05, 0) is 0 Å². The second kappa shape index (κ2) is 4.27. The van der Waals surface area contributed by atoms with E-state index in [-0.39, 0.29) is 0 Å². The summed E-state index contributed by atoms with van der Waals surface area (Å²) in [5, 5.41) is 15.8. The predicted molar refractivity (Wildman–Crippen MR) is 54.1 cm³/mol. The summed E-state index contributed by atoms with van der Waals surface area (Å²) in [6.07, 6.45) is -5.69. The Labute approximate surface area is 104 Å². The summed E-state index contributed by atoms with van der Waals surface area (Å²) in [4.78, 5) is 10.9. The number of sulfone groups is 1. The van der Waals surface area contributed by atoms with Crippen LogP contribution in [0.25, 0.3) is 0 Å². The molecule has 19 heavy (non-hydrogen) atoms. The van der Waals surface area contributed by atoms with E-state index in [1.165, 1.54) is 0 Å². The Morgan fingerprint density at radius 2 is 2.05 bits per heavy atom.